The number of carboxylic acids is 1. The van der Waals surface area contributed by atoms with Crippen LogP contribution >= 0.6 is 0 Å². The van der Waals surface area contributed by atoms with E-state index in [1.165, 1.54) is 0 Å². The second kappa shape index (κ2) is 14.1. The molecule has 13 nitrogen and oxygen atoms in total. The van der Waals surface area contributed by atoms with Crippen LogP contribution in [0.3, 0.4) is 0 Å². The van der Waals surface area contributed by atoms with Crippen molar-refractivity contribution in [1.82, 2.24) is 20.9 Å². The highest BCUT2D eigenvalue weighted by Gasteiger charge is 2.33. The van der Waals surface area contributed by atoms with E-state index in [9.17, 15) is 34.2 Å². The maximum Gasteiger partial charge on any atom is 0.326 e. The predicted octanol–water partition coefficient (Wildman–Crippen LogP) is -1.12. The number of carbonyl (C=O) groups is 5. The van der Waals surface area contributed by atoms with Crippen molar-refractivity contribution in [2.45, 2.75) is 63.7 Å². The number of amides is 4. The van der Waals surface area contributed by atoms with Crippen LogP contribution in [0.25, 0.3) is 10.9 Å². The molecule has 38 heavy (non-hydrogen) atoms. The summed E-state index contributed by atoms with van der Waals surface area (Å²) in [6, 6.07) is 2.38. The fourth-order valence-electron chi connectivity index (χ4n) is 3.85. The monoisotopic (exact) mass is 532 g/mol. The number of hydrogen-bond donors (Lipinski definition) is 8. The van der Waals surface area contributed by atoms with E-state index in [1.807, 2.05) is 31.2 Å². The quantitative estimate of drug-likeness (QED) is 0.140. The van der Waals surface area contributed by atoms with Crippen LogP contribution in [0.5, 0.6) is 0 Å². The number of fused-ring (bicyclic) bond motifs is 1. The molecular formula is C25H36N6O7. The zero-order valence-corrected chi connectivity index (χ0v) is 21.4. The Morgan fingerprint density at radius 3 is 2.26 bits per heavy atom. The Bertz CT molecular complexity index is 1150. The Kier molecular flexibility index (Phi) is 11.2. The van der Waals surface area contributed by atoms with Crippen LogP contribution in [0, 0.1) is 5.92 Å². The van der Waals surface area contributed by atoms with Gasteiger partial charge in [0, 0.05) is 29.9 Å². The SMILES string of the molecule is CCC(C)C(NC(=O)C(N)CO)C(=O)NC(Cc1c[nH]c2ccccc12)C(=O)NC(CCC(N)=O)C(=O)O. The second-order valence-corrected chi connectivity index (χ2v) is 9.19. The summed E-state index contributed by atoms with van der Waals surface area (Å²) in [5.41, 5.74) is 12.2. The maximum atomic E-state index is 13.3. The molecule has 1 heterocycles. The van der Waals surface area contributed by atoms with Gasteiger partial charge in [0.15, 0.2) is 0 Å². The lowest BCUT2D eigenvalue weighted by Crippen LogP contribution is -2.59. The van der Waals surface area contributed by atoms with Crippen molar-refractivity contribution < 1.29 is 34.2 Å². The highest BCUT2D eigenvalue weighted by molar-refractivity contribution is 5.95. The number of para-hydroxylation sites is 1. The third kappa shape index (κ3) is 8.28. The number of H-pyrrole nitrogens is 1. The highest BCUT2D eigenvalue weighted by atomic mass is 16.4. The van der Waals surface area contributed by atoms with Crippen molar-refractivity contribution in [3.63, 3.8) is 0 Å². The molecule has 0 bridgehead atoms. The standard InChI is InChI=1S/C25H36N6O7/c1-3-13(2)21(31-22(34)16(26)12-32)24(36)30-19(10-14-11-28-17-7-5-4-6-15(14)17)23(35)29-18(25(37)38)8-9-20(27)33/h4-7,11,13,16,18-19,21,28,32H,3,8-10,12,26H2,1-2H3,(H2,27,33)(H,29,35)(H,30,36)(H,31,34)(H,37,38). The highest BCUT2D eigenvalue weighted by Crippen LogP contribution is 2.20. The summed E-state index contributed by atoms with van der Waals surface area (Å²) in [6.45, 7) is 2.93. The van der Waals surface area contributed by atoms with Crippen LogP contribution in [0.1, 0.15) is 38.7 Å². The summed E-state index contributed by atoms with van der Waals surface area (Å²) in [7, 11) is 0. The summed E-state index contributed by atoms with van der Waals surface area (Å²) >= 11 is 0. The van der Waals surface area contributed by atoms with Gasteiger partial charge in [-0.05, 0) is 24.0 Å². The number of aliphatic hydroxyl groups excluding tert-OH is 1. The second-order valence-electron chi connectivity index (χ2n) is 9.19. The molecule has 0 aliphatic carbocycles. The largest absolute Gasteiger partial charge is 0.480 e. The minimum Gasteiger partial charge on any atom is -0.480 e. The van der Waals surface area contributed by atoms with Crippen LogP contribution in [-0.2, 0) is 30.4 Å². The lowest BCUT2D eigenvalue weighted by atomic mass is 9.96. The van der Waals surface area contributed by atoms with Gasteiger partial charge in [0.2, 0.25) is 23.6 Å². The van der Waals surface area contributed by atoms with E-state index in [1.54, 1.807) is 13.1 Å². The molecular weight excluding hydrogens is 496 g/mol. The molecule has 2 rings (SSSR count). The van der Waals surface area contributed by atoms with Gasteiger partial charge in [-0.3, -0.25) is 19.2 Å². The number of nitrogens with two attached hydrogens (primary N) is 2. The van der Waals surface area contributed by atoms with Gasteiger partial charge in [-0.25, -0.2) is 4.79 Å². The Morgan fingerprint density at radius 1 is 1.00 bits per heavy atom. The Labute approximate surface area is 219 Å². The summed E-state index contributed by atoms with van der Waals surface area (Å²) in [5, 5.41) is 27.1. The molecule has 0 saturated heterocycles. The van der Waals surface area contributed by atoms with E-state index < -0.39 is 60.4 Å². The van der Waals surface area contributed by atoms with Gasteiger partial charge in [-0.15, -0.1) is 0 Å². The first-order valence-electron chi connectivity index (χ1n) is 12.3. The third-order valence-electron chi connectivity index (χ3n) is 6.35. The van der Waals surface area contributed by atoms with Gasteiger partial charge < -0.3 is 42.6 Å². The van der Waals surface area contributed by atoms with Gasteiger partial charge in [-0.1, -0.05) is 38.5 Å². The van der Waals surface area contributed by atoms with Crippen LogP contribution in [-0.4, -0.2) is 75.6 Å². The first kappa shape index (κ1) is 30.3. The molecule has 0 fully saturated rings. The van der Waals surface area contributed by atoms with Crippen LogP contribution < -0.4 is 27.4 Å². The van der Waals surface area contributed by atoms with E-state index in [-0.39, 0.29) is 25.2 Å². The predicted molar refractivity (Wildman–Crippen MR) is 138 cm³/mol. The van der Waals surface area contributed by atoms with Gasteiger partial charge in [0.1, 0.15) is 24.2 Å². The van der Waals surface area contributed by atoms with Crippen LogP contribution in [0.4, 0.5) is 0 Å². The first-order valence-corrected chi connectivity index (χ1v) is 12.3. The lowest BCUT2D eigenvalue weighted by molar-refractivity contribution is -0.142. The van der Waals surface area contributed by atoms with E-state index in [4.69, 9.17) is 11.5 Å². The Morgan fingerprint density at radius 2 is 1.66 bits per heavy atom. The maximum absolute atomic E-state index is 13.3. The number of aromatic amines is 1. The Balaban J connectivity index is 2.34. The molecule has 1 aromatic heterocycles. The molecule has 2 aromatic rings. The molecule has 0 radical (unpaired) electrons. The summed E-state index contributed by atoms with van der Waals surface area (Å²) in [5.74, 6) is -4.64. The topological polar surface area (TPSA) is 230 Å². The number of carboxylic acid groups (broad SMARTS) is 1. The molecule has 5 unspecified atom stereocenters. The first-order chi connectivity index (χ1) is 18.0. The number of carbonyl (C=O) groups excluding carboxylic acids is 4. The van der Waals surface area contributed by atoms with Crippen LogP contribution in [0.15, 0.2) is 30.5 Å². The molecule has 0 aliphatic rings. The van der Waals surface area contributed by atoms with Crippen molar-refractivity contribution >= 4 is 40.5 Å². The van der Waals surface area contributed by atoms with E-state index >= 15 is 0 Å². The number of aromatic nitrogens is 1. The van der Waals surface area contributed by atoms with Gasteiger partial charge in [0.25, 0.3) is 0 Å². The number of hydrogen-bond acceptors (Lipinski definition) is 7. The number of aliphatic hydroxyl groups is 1. The molecule has 5 atom stereocenters. The molecule has 0 aliphatic heterocycles. The molecule has 208 valence electrons. The average molecular weight is 533 g/mol. The van der Waals surface area contributed by atoms with Gasteiger partial charge in [0.05, 0.1) is 6.61 Å². The van der Waals surface area contributed by atoms with Gasteiger partial charge >= 0.3 is 5.97 Å². The molecule has 4 amide bonds. The molecule has 10 N–H and O–H groups in total. The molecule has 13 heteroatoms. The lowest BCUT2D eigenvalue weighted by Gasteiger charge is -2.27. The fraction of sp³-hybridized carbons (Fsp3) is 0.480. The fourth-order valence-corrected chi connectivity index (χ4v) is 3.85. The smallest absolute Gasteiger partial charge is 0.326 e. The van der Waals surface area contributed by atoms with Crippen molar-refractivity contribution in [3.8, 4) is 0 Å². The third-order valence-corrected chi connectivity index (χ3v) is 6.35. The van der Waals surface area contributed by atoms with E-state index in [0.717, 1.165) is 10.9 Å². The average Bonchev–Trinajstić information content (AvgIpc) is 3.30. The number of nitrogens with one attached hydrogen (secondary N) is 4. The molecule has 0 spiro atoms. The van der Waals surface area contributed by atoms with E-state index in [2.05, 4.69) is 20.9 Å². The van der Waals surface area contributed by atoms with Gasteiger partial charge in [-0.2, -0.15) is 0 Å². The zero-order chi connectivity index (χ0) is 28.4. The van der Waals surface area contributed by atoms with Crippen LogP contribution in [0.2, 0.25) is 0 Å². The zero-order valence-electron chi connectivity index (χ0n) is 21.4. The number of benzene rings is 1. The summed E-state index contributed by atoms with van der Waals surface area (Å²) in [6.07, 6.45) is 1.70. The van der Waals surface area contributed by atoms with Crippen molar-refractivity contribution in [3.05, 3.63) is 36.0 Å². The minimum atomic E-state index is -1.41. The minimum absolute atomic E-state index is 0.00106. The Hall–Kier alpha value is -3.97. The molecule has 0 saturated carbocycles. The molecule has 1 aromatic carbocycles. The van der Waals surface area contributed by atoms with E-state index in [0.29, 0.717) is 12.0 Å². The number of primary amides is 1. The summed E-state index contributed by atoms with van der Waals surface area (Å²) < 4.78 is 0. The summed E-state index contributed by atoms with van der Waals surface area (Å²) in [4.78, 5) is 64.9. The number of rotatable bonds is 15. The normalized spacial score (nSPS) is 15.1. The number of aliphatic carboxylic acids is 1. The van der Waals surface area contributed by atoms with Crippen molar-refractivity contribution in [2.24, 2.45) is 17.4 Å². The van der Waals surface area contributed by atoms with Crippen molar-refractivity contribution in [1.29, 1.82) is 0 Å². The van der Waals surface area contributed by atoms with Crippen molar-refractivity contribution in [2.75, 3.05) is 6.61 Å².